The van der Waals surface area contributed by atoms with Crippen molar-refractivity contribution in [3.63, 3.8) is 0 Å². The van der Waals surface area contributed by atoms with Gasteiger partial charge in [-0.15, -0.1) is 0 Å². The van der Waals surface area contributed by atoms with Gasteiger partial charge in [0, 0.05) is 11.6 Å². The first-order valence-electron chi connectivity index (χ1n) is 11.4. The largest absolute Gasteiger partial charge is 0.507 e. The van der Waals surface area contributed by atoms with Gasteiger partial charge < -0.3 is 24.2 Å². The first-order chi connectivity index (χ1) is 16.4. The van der Waals surface area contributed by atoms with E-state index in [1.54, 1.807) is 48.4 Å². The van der Waals surface area contributed by atoms with E-state index in [-0.39, 0.29) is 17.4 Å². The maximum Gasteiger partial charge on any atom is 0.295 e. The number of hydrogen-bond acceptors (Lipinski definition) is 6. The van der Waals surface area contributed by atoms with E-state index >= 15 is 0 Å². The van der Waals surface area contributed by atoms with Gasteiger partial charge in [-0.25, -0.2) is 0 Å². The maximum atomic E-state index is 13.3. The van der Waals surface area contributed by atoms with Gasteiger partial charge in [0.05, 0.1) is 37.5 Å². The molecule has 1 atom stereocenters. The van der Waals surface area contributed by atoms with Crippen LogP contribution >= 0.6 is 11.6 Å². The van der Waals surface area contributed by atoms with Gasteiger partial charge in [0.1, 0.15) is 11.5 Å². The third-order valence-electron chi connectivity index (χ3n) is 6.43. The van der Waals surface area contributed by atoms with Gasteiger partial charge in [0.25, 0.3) is 11.7 Å². The molecule has 2 aliphatic rings. The summed E-state index contributed by atoms with van der Waals surface area (Å²) >= 11 is 6.21. The van der Waals surface area contributed by atoms with Crippen molar-refractivity contribution in [2.45, 2.75) is 44.7 Å². The molecule has 1 heterocycles. The number of carbonyl (C=O) groups is 2. The summed E-state index contributed by atoms with van der Waals surface area (Å²) < 4.78 is 16.4. The number of aliphatic hydroxyl groups excluding tert-OH is 1. The van der Waals surface area contributed by atoms with Crippen molar-refractivity contribution in [3.05, 3.63) is 58.1 Å². The molecular weight excluding hydrogens is 458 g/mol. The van der Waals surface area contributed by atoms with Crippen LogP contribution in [0, 0.1) is 0 Å². The third kappa shape index (κ3) is 4.20. The fourth-order valence-corrected chi connectivity index (χ4v) is 5.00. The number of methoxy groups -OCH3 is 2. The Morgan fingerprint density at radius 1 is 1.03 bits per heavy atom. The molecule has 8 heteroatoms. The number of Topliss-reactive ketones (excluding diaryl/α,β-unsaturated/α-hetero) is 1. The lowest BCUT2D eigenvalue weighted by atomic mass is 9.94. The Morgan fingerprint density at radius 2 is 1.74 bits per heavy atom. The minimum atomic E-state index is -0.755. The van der Waals surface area contributed by atoms with E-state index in [1.165, 1.54) is 7.11 Å². The Morgan fingerprint density at radius 3 is 2.38 bits per heavy atom. The molecule has 1 unspecified atom stereocenters. The number of aliphatic hydroxyl groups is 1. The van der Waals surface area contributed by atoms with Crippen molar-refractivity contribution >= 4 is 29.1 Å². The minimum absolute atomic E-state index is 0.0360. The standard InChI is InChI=1S/C26H28ClNO6/c1-4-34-20-14-16(9-11-18(20)27)24(29)22-23(15-10-12-19(32-2)21(13-15)33-3)28(26(31)25(22)30)17-7-5-6-8-17/h9-14,17,23,29H,4-8H2,1-3H3/b24-22-. The summed E-state index contributed by atoms with van der Waals surface area (Å²) in [6.45, 7) is 2.22. The number of nitrogens with zero attached hydrogens (tertiary/aromatic N) is 1. The minimum Gasteiger partial charge on any atom is -0.507 e. The molecule has 1 amide bonds. The van der Waals surface area contributed by atoms with E-state index in [4.69, 9.17) is 25.8 Å². The number of amides is 1. The molecule has 0 radical (unpaired) electrons. The van der Waals surface area contributed by atoms with Crippen molar-refractivity contribution < 1.29 is 28.9 Å². The Labute approximate surface area is 203 Å². The van der Waals surface area contributed by atoms with Crippen molar-refractivity contribution in [2.75, 3.05) is 20.8 Å². The number of ketones is 1. The van der Waals surface area contributed by atoms with Gasteiger partial charge in [-0.1, -0.05) is 30.5 Å². The van der Waals surface area contributed by atoms with Crippen LogP contribution in [0.2, 0.25) is 5.02 Å². The summed E-state index contributed by atoms with van der Waals surface area (Å²) in [5.41, 5.74) is 1.04. The number of hydrogen-bond donors (Lipinski definition) is 1. The molecule has 180 valence electrons. The molecule has 1 saturated carbocycles. The molecular formula is C26H28ClNO6. The number of carbonyl (C=O) groups excluding carboxylic acids is 2. The highest BCUT2D eigenvalue weighted by molar-refractivity contribution is 6.46. The zero-order chi connectivity index (χ0) is 24.4. The molecule has 2 aromatic rings. The zero-order valence-electron chi connectivity index (χ0n) is 19.5. The second-order valence-electron chi connectivity index (χ2n) is 8.34. The molecule has 7 nitrogen and oxygen atoms in total. The zero-order valence-corrected chi connectivity index (χ0v) is 20.2. The van der Waals surface area contributed by atoms with E-state index in [2.05, 4.69) is 0 Å². The Bertz CT molecular complexity index is 1140. The summed E-state index contributed by atoms with van der Waals surface area (Å²) in [7, 11) is 3.07. The highest BCUT2D eigenvalue weighted by atomic mass is 35.5. The van der Waals surface area contributed by atoms with Crippen LogP contribution in [-0.2, 0) is 9.59 Å². The van der Waals surface area contributed by atoms with E-state index < -0.39 is 17.7 Å². The molecule has 1 N–H and O–H groups in total. The van der Waals surface area contributed by atoms with Gasteiger partial charge in [-0.3, -0.25) is 9.59 Å². The first kappa shape index (κ1) is 24.0. The van der Waals surface area contributed by atoms with Crippen LogP contribution in [0.1, 0.15) is 49.8 Å². The molecule has 1 aliphatic carbocycles. The molecule has 0 spiro atoms. The highest BCUT2D eigenvalue weighted by Gasteiger charge is 2.49. The lowest BCUT2D eigenvalue weighted by Gasteiger charge is -2.31. The predicted molar refractivity (Wildman–Crippen MR) is 129 cm³/mol. The Balaban J connectivity index is 1.90. The first-order valence-corrected chi connectivity index (χ1v) is 11.7. The molecule has 1 aliphatic heterocycles. The quantitative estimate of drug-likeness (QED) is 0.333. The number of ether oxygens (including phenoxy) is 3. The van der Waals surface area contributed by atoms with Crippen LogP contribution < -0.4 is 14.2 Å². The van der Waals surface area contributed by atoms with Gasteiger partial charge in [-0.2, -0.15) is 0 Å². The normalized spacial score (nSPS) is 20.1. The average Bonchev–Trinajstić information content (AvgIpc) is 3.46. The van der Waals surface area contributed by atoms with Crippen molar-refractivity contribution in [1.82, 2.24) is 4.90 Å². The summed E-state index contributed by atoms with van der Waals surface area (Å²) in [5.74, 6) is -0.188. The number of likely N-dealkylation sites (tertiary alicyclic amines) is 1. The number of benzene rings is 2. The van der Waals surface area contributed by atoms with E-state index in [1.807, 2.05) is 6.92 Å². The second kappa shape index (κ2) is 9.97. The van der Waals surface area contributed by atoms with E-state index in [0.717, 1.165) is 25.7 Å². The van der Waals surface area contributed by atoms with Crippen molar-refractivity contribution in [3.8, 4) is 17.2 Å². The Hall–Kier alpha value is -3.19. The van der Waals surface area contributed by atoms with Gasteiger partial charge in [0.2, 0.25) is 0 Å². The van der Waals surface area contributed by atoms with Crippen molar-refractivity contribution in [2.24, 2.45) is 0 Å². The van der Waals surface area contributed by atoms with Gasteiger partial charge in [0.15, 0.2) is 11.5 Å². The van der Waals surface area contributed by atoms with Gasteiger partial charge in [-0.05, 0) is 55.7 Å². The molecule has 0 bridgehead atoms. The molecule has 4 rings (SSSR count). The van der Waals surface area contributed by atoms with E-state index in [0.29, 0.717) is 40.0 Å². The highest BCUT2D eigenvalue weighted by Crippen LogP contribution is 2.45. The smallest absolute Gasteiger partial charge is 0.295 e. The lowest BCUT2D eigenvalue weighted by molar-refractivity contribution is -0.141. The fraction of sp³-hybridized carbons (Fsp3) is 0.385. The summed E-state index contributed by atoms with van der Waals surface area (Å²) in [6.07, 6.45) is 3.60. The van der Waals surface area contributed by atoms with Crippen LogP contribution in [0.5, 0.6) is 17.2 Å². The molecule has 2 fully saturated rings. The van der Waals surface area contributed by atoms with Gasteiger partial charge >= 0.3 is 0 Å². The topological polar surface area (TPSA) is 85.3 Å². The van der Waals surface area contributed by atoms with Crippen LogP contribution in [0.25, 0.3) is 5.76 Å². The second-order valence-corrected chi connectivity index (χ2v) is 8.74. The number of rotatable bonds is 7. The molecule has 34 heavy (non-hydrogen) atoms. The fourth-order valence-electron chi connectivity index (χ4n) is 4.83. The number of halogens is 1. The Kier molecular flexibility index (Phi) is 7.03. The molecule has 0 aromatic heterocycles. The molecule has 2 aromatic carbocycles. The summed E-state index contributed by atoms with van der Waals surface area (Å²) in [5, 5.41) is 11.7. The van der Waals surface area contributed by atoms with Crippen LogP contribution in [-0.4, -0.2) is 48.6 Å². The third-order valence-corrected chi connectivity index (χ3v) is 6.74. The SMILES string of the molecule is CCOc1cc(/C(O)=C2/C(=O)C(=O)N(C3CCCC3)C2c2ccc(OC)c(OC)c2)ccc1Cl. The molecule has 1 saturated heterocycles. The van der Waals surface area contributed by atoms with E-state index in [9.17, 15) is 14.7 Å². The summed E-state index contributed by atoms with van der Waals surface area (Å²) in [4.78, 5) is 28.2. The van der Waals surface area contributed by atoms with Crippen LogP contribution in [0.4, 0.5) is 0 Å². The average molecular weight is 486 g/mol. The monoisotopic (exact) mass is 485 g/mol. The van der Waals surface area contributed by atoms with Crippen LogP contribution in [0.15, 0.2) is 42.0 Å². The predicted octanol–water partition coefficient (Wildman–Crippen LogP) is 5.12. The summed E-state index contributed by atoms with van der Waals surface area (Å²) in [6, 6.07) is 9.22. The lowest BCUT2D eigenvalue weighted by Crippen LogP contribution is -2.37. The van der Waals surface area contributed by atoms with Crippen molar-refractivity contribution in [1.29, 1.82) is 0 Å². The van der Waals surface area contributed by atoms with Crippen LogP contribution in [0.3, 0.4) is 0 Å². The maximum absolute atomic E-state index is 13.3.